The maximum Gasteiger partial charge on any atom is 0.319 e. The van der Waals surface area contributed by atoms with Gasteiger partial charge in [-0.25, -0.2) is 4.39 Å². The maximum absolute atomic E-state index is 12.7. The standard InChI is InChI=1S/C12H12FNO3.C4H8/c13-8-2-4-9(5-3-8)14-10(15)12(11(16)17)6-1-7-12;1-2-4-3-1/h2-5H,1,6-7H2,(H,14,15)(H,16,17);1-4H2. The lowest BCUT2D eigenvalue weighted by Gasteiger charge is -2.35. The van der Waals surface area contributed by atoms with Crippen molar-refractivity contribution >= 4 is 17.6 Å². The SMILES string of the molecule is C1CCC1.O=C(O)C1(C(=O)Nc2ccc(F)cc2)CCC1. The van der Waals surface area contributed by atoms with Gasteiger partial charge in [0.1, 0.15) is 11.2 Å². The molecule has 114 valence electrons. The highest BCUT2D eigenvalue weighted by Gasteiger charge is 2.51. The molecule has 0 unspecified atom stereocenters. The lowest BCUT2D eigenvalue weighted by Crippen LogP contribution is -2.48. The number of amides is 1. The maximum atomic E-state index is 12.7. The first-order valence-electron chi connectivity index (χ1n) is 7.35. The van der Waals surface area contributed by atoms with Crippen molar-refractivity contribution in [3.8, 4) is 0 Å². The van der Waals surface area contributed by atoms with E-state index in [4.69, 9.17) is 5.11 Å². The number of carboxylic acid groups (broad SMARTS) is 1. The van der Waals surface area contributed by atoms with Gasteiger partial charge in [-0.1, -0.05) is 32.1 Å². The number of halogens is 1. The number of anilines is 1. The summed E-state index contributed by atoms with van der Waals surface area (Å²) in [6.07, 6.45) is 7.45. The zero-order valence-corrected chi connectivity index (χ0v) is 11.9. The third-order valence-electron chi connectivity index (χ3n) is 4.15. The van der Waals surface area contributed by atoms with Crippen LogP contribution in [0.1, 0.15) is 44.9 Å². The lowest BCUT2D eigenvalue weighted by atomic mass is 9.68. The van der Waals surface area contributed by atoms with Crippen LogP contribution in [0.3, 0.4) is 0 Å². The van der Waals surface area contributed by atoms with Gasteiger partial charge in [0.25, 0.3) is 0 Å². The van der Waals surface area contributed by atoms with Crippen molar-refractivity contribution in [2.75, 3.05) is 5.32 Å². The minimum Gasteiger partial charge on any atom is -0.480 e. The second-order valence-corrected chi connectivity index (χ2v) is 5.62. The molecule has 0 aliphatic heterocycles. The molecule has 0 saturated heterocycles. The van der Waals surface area contributed by atoms with Crippen molar-refractivity contribution in [2.24, 2.45) is 5.41 Å². The van der Waals surface area contributed by atoms with Crippen LogP contribution >= 0.6 is 0 Å². The molecule has 1 amide bonds. The summed E-state index contributed by atoms with van der Waals surface area (Å²) in [4.78, 5) is 22.9. The quantitative estimate of drug-likeness (QED) is 0.837. The molecule has 0 bridgehead atoms. The number of carboxylic acids is 1. The number of carbonyl (C=O) groups excluding carboxylic acids is 1. The lowest BCUT2D eigenvalue weighted by molar-refractivity contribution is -0.159. The Morgan fingerprint density at radius 3 is 1.86 bits per heavy atom. The summed E-state index contributed by atoms with van der Waals surface area (Å²) in [5.41, 5.74) is -0.891. The van der Waals surface area contributed by atoms with E-state index < -0.39 is 23.1 Å². The van der Waals surface area contributed by atoms with Gasteiger partial charge in [0.05, 0.1) is 0 Å². The highest BCUT2D eigenvalue weighted by Crippen LogP contribution is 2.42. The first-order valence-corrected chi connectivity index (χ1v) is 7.35. The van der Waals surface area contributed by atoms with Crippen molar-refractivity contribution < 1.29 is 19.1 Å². The zero-order chi connectivity index (χ0) is 15.3. The molecule has 2 aliphatic carbocycles. The zero-order valence-electron chi connectivity index (χ0n) is 11.9. The Balaban J connectivity index is 0.000000347. The van der Waals surface area contributed by atoms with Gasteiger partial charge in [0.2, 0.25) is 5.91 Å². The molecule has 0 heterocycles. The van der Waals surface area contributed by atoms with Gasteiger partial charge < -0.3 is 10.4 Å². The van der Waals surface area contributed by atoms with Crippen LogP contribution in [0.15, 0.2) is 24.3 Å². The summed E-state index contributed by atoms with van der Waals surface area (Å²) in [6, 6.07) is 5.23. The Morgan fingerprint density at radius 2 is 1.52 bits per heavy atom. The second-order valence-electron chi connectivity index (χ2n) is 5.62. The Morgan fingerprint density at radius 1 is 1.00 bits per heavy atom. The molecule has 0 aromatic heterocycles. The molecule has 1 aromatic carbocycles. The van der Waals surface area contributed by atoms with Gasteiger partial charge in [0.15, 0.2) is 0 Å². The van der Waals surface area contributed by atoms with Crippen LogP contribution < -0.4 is 5.32 Å². The van der Waals surface area contributed by atoms with Crippen molar-refractivity contribution in [3.63, 3.8) is 0 Å². The second kappa shape index (κ2) is 6.70. The number of benzene rings is 1. The average Bonchev–Trinajstić information content (AvgIpc) is 2.27. The fraction of sp³-hybridized carbons (Fsp3) is 0.500. The molecule has 2 aliphatic rings. The molecule has 2 N–H and O–H groups in total. The van der Waals surface area contributed by atoms with Crippen LogP contribution in [0, 0.1) is 11.2 Å². The van der Waals surface area contributed by atoms with E-state index in [-0.39, 0.29) is 0 Å². The van der Waals surface area contributed by atoms with E-state index in [2.05, 4.69) is 5.32 Å². The minimum atomic E-state index is -1.30. The van der Waals surface area contributed by atoms with Crippen molar-refractivity contribution in [3.05, 3.63) is 30.1 Å². The van der Waals surface area contributed by atoms with E-state index in [1.54, 1.807) is 0 Å². The first-order chi connectivity index (χ1) is 10.0. The fourth-order valence-corrected chi connectivity index (χ4v) is 2.10. The van der Waals surface area contributed by atoms with Gasteiger partial charge in [-0.3, -0.25) is 9.59 Å². The number of rotatable bonds is 3. The van der Waals surface area contributed by atoms with Crippen LogP contribution in [0.4, 0.5) is 10.1 Å². The molecule has 0 radical (unpaired) electrons. The summed E-state index contributed by atoms with van der Waals surface area (Å²) < 4.78 is 12.7. The molecule has 21 heavy (non-hydrogen) atoms. The van der Waals surface area contributed by atoms with E-state index in [1.807, 2.05) is 0 Å². The monoisotopic (exact) mass is 293 g/mol. The number of hydrogen-bond donors (Lipinski definition) is 2. The summed E-state index contributed by atoms with van der Waals surface area (Å²) in [6.45, 7) is 0. The molecular weight excluding hydrogens is 273 g/mol. The average molecular weight is 293 g/mol. The minimum absolute atomic E-state index is 0.357. The third kappa shape index (κ3) is 3.60. The van der Waals surface area contributed by atoms with Crippen LogP contribution in [0.2, 0.25) is 0 Å². The smallest absolute Gasteiger partial charge is 0.319 e. The van der Waals surface area contributed by atoms with E-state index in [9.17, 15) is 14.0 Å². The summed E-state index contributed by atoms with van der Waals surface area (Å²) in [5.74, 6) is -2.02. The van der Waals surface area contributed by atoms with Gasteiger partial charge in [-0.15, -0.1) is 0 Å². The van der Waals surface area contributed by atoms with Crippen LogP contribution in [0.25, 0.3) is 0 Å². The van der Waals surface area contributed by atoms with Gasteiger partial charge in [0, 0.05) is 5.69 Å². The fourth-order valence-electron chi connectivity index (χ4n) is 2.10. The summed E-state index contributed by atoms with van der Waals surface area (Å²) in [7, 11) is 0. The van der Waals surface area contributed by atoms with Crippen molar-refractivity contribution in [1.29, 1.82) is 0 Å². The van der Waals surface area contributed by atoms with E-state index in [0.717, 1.165) is 6.42 Å². The van der Waals surface area contributed by atoms with Gasteiger partial charge in [-0.2, -0.15) is 0 Å². The largest absolute Gasteiger partial charge is 0.480 e. The van der Waals surface area contributed by atoms with E-state index in [1.165, 1.54) is 49.9 Å². The Labute approximate surface area is 123 Å². The number of aliphatic carboxylic acids is 1. The van der Waals surface area contributed by atoms with E-state index in [0.29, 0.717) is 18.5 Å². The van der Waals surface area contributed by atoms with Crippen molar-refractivity contribution in [2.45, 2.75) is 44.9 Å². The molecule has 0 spiro atoms. The highest BCUT2D eigenvalue weighted by molar-refractivity contribution is 6.09. The predicted octanol–water partition coefficient (Wildman–Crippen LogP) is 3.58. The molecule has 3 rings (SSSR count). The number of nitrogens with one attached hydrogen (secondary N) is 1. The summed E-state index contributed by atoms with van der Waals surface area (Å²) in [5, 5.41) is 11.6. The molecule has 1 aromatic rings. The Bertz CT molecular complexity index is 501. The van der Waals surface area contributed by atoms with Crippen molar-refractivity contribution in [1.82, 2.24) is 0 Å². The Hall–Kier alpha value is -1.91. The van der Waals surface area contributed by atoms with Crippen LogP contribution in [-0.2, 0) is 9.59 Å². The number of hydrogen-bond acceptors (Lipinski definition) is 2. The summed E-state index contributed by atoms with van der Waals surface area (Å²) >= 11 is 0. The highest BCUT2D eigenvalue weighted by atomic mass is 19.1. The topological polar surface area (TPSA) is 66.4 Å². The molecule has 2 fully saturated rings. The van der Waals surface area contributed by atoms with E-state index >= 15 is 0 Å². The van der Waals surface area contributed by atoms with Crippen LogP contribution in [-0.4, -0.2) is 17.0 Å². The Kier molecular flexibility index (Phi) is 4.94. The first kappa shape index (κ1) is 15.5. The number of carbonyl (C=O) groups is 2. The molecule has 2 saturated carbocycles. The van der Waals surface area contributed by atoms with Crippen LogP contribution in [0.5, 0.6) is 0 Å². The third-order valence-corrected chi connectivity index (χ3v) is 4.15. The molecule has 0 atom stereocenters. The molecule has 4 nitrogen and oxygen atoms in total. The molecular formula is C16H20FNO3. The predicted molar refractivity (Wildman–Crippen MR) is 77.4 cm³/mol. The van der Waals surface area contributed by atoms with Gasteiger partial charge in [-0.05, 0) is 37.1 Å². The normalized spacial score (nSPS) is 18.3. The van der Waals surface area contributed by atoms with Gasteiger partial charge >= 0.3 is 5.97 Å². The molecule has 5 heteroatoms.